The number of hydrogen-bond acceptors (Lipinski definition) is 7. The first-order chi connectivity index (χ1) is 19.8. The predicted molar refractivity (Wildman–Crippen MR) is 151 cm³/mol. The van der Waals surface area contributed by atoms with Gasteiger partial charge in [-0.2, -0.15) is 4.21 Å². The highest BCUT2D eigenvalue weighted by Crippen LogP contribution is 2.31. The van der Waals surface area contributed by atoms with Crippen molar-refractivity contribution in [1.29, 1.82) is 0 Å². The van der Waals surface area contributed by atoms with Crippen LogP contribution in [0.15, 0.2) is 103 Å². The van der Waals surface area contributed by atoms with Gasteiger partial charge in [-0.1, -0.05) is 66.7 Å². The summed E-state index contributed by atoms with van der Waals surface area (Å²) < 4.78 is 22.1. The fraction of sp³-hybridized carbons (Fsp3) is 0.0323. The molecule has 7 rings (SSSR count). The number of carbonyl (C=O) groups excluding carboxylic acids is 4. The van der Waals surface area contributed by atoms with Crippen LogP contribution in [-0.2, 0) is 15.6 Å². The zero-order chi connectivity index (χ0) is 28.7. The van der Waals surface area contributed by atoms with Gasteiger partial charge in [-0.3, -0.25) is 24.1 Å². The van der Waals surface area contributed by atoms with Crippen LogP contribution in [0.2, 0.25) is 0 Å². The molecule has 0 spiro atoms. The van der Waals surface area contributed by atoms with E-state index in [9.17, 15) is 23.4 Å². The molecule has 5 aromatic carbocycles. The van der Waals surface area contributed by atoms with E-state index in [2.05, 4.69) is 0 Å². The molecule has 0 saturated heterocycles. The molecule has 0 aliphatic carbocycles. The highest BCUT2D eigenvalue weighted by molar-refractivity contribution is 7.75. The van der Waals surface area contributed by atoms with E-state index in [0.29, 0.717) is 38.5 Å². The summed E-state index contributed by atoms with van der Waals surface area (Å²) in [6.45, 7) is 0. The summed E-state index contributed by atoms with van der Waals surface area (Å²) in [7, 11) is 1.51. The molecular weight excluding hydrogens is 544 g/mol. The van der Waals surface area contributed by atoms with Crippen molar-refractivity contribution >= 4 is 56.5 Å². The lowest BCUT2D eigenvalue weighted by molar-refractivity contribution is -0.0157. The minimum absolute atomic E-state index is 0.227. The van der Waals surface area contributed by atoms with Crippen LogP contribution in [0.3, 0.4) is 0 Å². The molecule has 10 heteroatoms. The summed E-state index contributed by atoms with van der Waals surface area (Å²) in [4.78, 5) is 50.2. The van der Waals surface area contributed by atoms with Gasteiger partial charge in [0.1, 0.15) is 5.75 Å². The first-order valence-electron chi connectivity index (χ1n) is 12.4. The van der Waals surface area contributed by atoms with E-state index < -0.39 is 23.2 Å². The number of nitrogens with zero attached hydrogens (tertiary/aromatic N) is 2. The second-order valence-electron chi connectivity index (χ2n) is 9.17. The van der Waals surface area contributed by atoms with E-state index in [1.165, 1.54) is 7.05 Å². The Balaban J connectivity index is 0.000000162. The lowest BCUT2D eigenvalue weighted by Gasteiger charge is -2.24. The SMILES string of the molecule is CN1C(=O)c2cccc3cccc(c23)C1=O.O=C1c2cccc3cccc(c23)C(=O)N1OS(=O)Oc1ccccc1. The van der Waals surface area contributed by atoms with Crippen LogP contribution in [0.25, 0.3) is 21.5 Å². The number of rotatable bonds is 4. The first-order valence-corrected chi connectivity index (χ1v) is 13.4. The average molecular weight is 565 g/mol. The quantitative estimate of drug-likeness (QED) is 0.280. The lowest BCUT2D eigenvalue weighted by atomic mass is 9.94. The Morgan fingerprint density at radius 2 is 0.951 bits per heavy atom. The maximum Gasteiger partial charge on any atom is 0.383 e. The molecule has 0 radical (unpaired) electrons. The van der Waals surface area contributed by atoms with Crippen molar-refractivity contribution in [1.82, 2.24) is 9.96 Å². The van der Waals surface area contributed by atoms with E-state index in [4.69, 9.17) is 8.47 Å². The molecule has 41 heavy (non-hydrogen) atoms. The molecule has 202 valence electrons. The molecular formula is C31H20N2O7S. The van der Waals surface area contributed by atoms with Crippen LogP contribution in [-0.4, -0.2) is 44.8 Å². The molecule has 0 bridgehead atoms. The fourth-order valence-corrected chi connectivity index (χ4v) is 5.41. The van der Waals surface area contributed by atoms with Crippen molar-refractivity contribution in [3.63, 3.8) is 0 Å². The first kappa shape index (κ1) is 26.1. The predicted octanol–water partition coefficient (Wildman–Crippen LogP) is 5.09. The van der Waals surface area contributed by atoms with E-state index in [-0.39, 0.29) is 11.8 Å². The monoisotopic (exact) mass is 564 g/mol. The number of imide groups is 2. The smallest absolute Gasteiger partial charge is 0.379 e. The van der Waals surface area contributed by atoms with Gasteiger partial charge in [-0.05, 0) is 47.2 Å². The van der Waals surface area contributed by atoms with Crippen molar-refractivity contribution in [3.8, 4) is 5.75 Å². The van der Waals surface area contributed by atoms with Gasteiger partial charge >= 0.3 is 11.4 Å². The summed E-state index contributed by atoms with van der Waals surface area (Å²) in [5, 5.41) is 3.53. The van der Waals surface area contributed by atoms with Crippen molar-refractivity contribution in [2.24, 2.45) is 0 Å². The maximum atomic E-state index is 12.6. The van der Waals surface area contributed by atoms with Crippen LogP contribution in [0.1, 0.15) is 41.4 Å². The van der Waals surface area contributed by atoms with Crippen LogP contribution in [0.5, 0.6) is 5.75 Å². The largest absolute Gasteiger partial charge is 0.383 e. The number of hydrogen-bond donors (Lipinski definition) is 0. The lowest BCUT2D eigenvalue weighted by Crippen LogP contribution is -2.41. The summed E-state index contributed by atoms with van der Waals surface area (Å²) >= 11 is -2.35. The number of amides is 4. The Labute approximate surface area is 236 Å². The second kappa shape index (κ2) is 10.4. The molecule has 9 nitrogen and oxygen atoms in total. The topological polar surface area (TPSA) is 110 Å². The van der Waals surface area contributed by atoms with Crippen LogP contribution < -0.4 is 4.18 Å². The van der Waals surface area contributed by atoms with Gasteiger partial charge in [0.25, 0.3) is 23.6 Å². The maximum absolute atomic E-state index is 12.6. The van der Waals surface area contributed by atoms with Gasteiger partial charge in [-0.25, -0.2) is 0 Å². The minimum atomic E-state index is -2.35. The van der Waals surface area contributed by atoms with E-state index in [1.54, 1.807) is 66.7 Å². The highest BCUT2D eigenvalue weighted by atomic mass is 32.2. The van der Waals surface area contributed by atoms with E-state index in [1.807, 2.05) is 36.4 Å². The Hall–Kier alpha value is -5.19. The van der Waals surface area contributed by atoms with Crippen LogP contribution >= 0.6 is 0 Å². The number of hydroxylamine groups is 2. The van der Waals surface area contributed by atoms with Gasteiger partial charge in [-0.15, -0.1) is 9.35 Å². The third kappa shape index (κ3) is 4.54. The van der Waals surface area contributed by atoms with Gasteiger partial charge in [0, 0.05) is 28.9 Å². The molecule has 4 amide bonds. The zero-order valence-corrected chi connectivity index (χ0v) is 22.3. The average Bonchev–Trinajstić information content (AvgIpc) is 3.00. The summed E-state index contributed by atoms with van der Waals surface area (Å²) in [5.74, 6) is -1.53. The molecule has 0 N–H and O–H groups in total. The normalized spacial score (nSPS) is 14.7. The number of para-hydroxylation sites is 1. The van der Waals surface area contributed by atoms with Crippen LogP contribution in [0, 0.1) is 0 Å². The van der Waals surface area contributed by atoms with Crippen molar-refractivity contribution in [2.45, 2.75) is 0 Å². The molecule has 2 aliphatic rings. The highest BCUT2D eigenvalue weighted by Gasteiger charge is 2.36. The third-order valence-corrected chi connectivity index (χ3v) is 7.35. The van der Waals surface area contributed by atoms with Crippen molar-refractivity contribution in [2.75, 3.05) is 7.05 Å². The zero-order valence-electron chi connectivity index (χ0n) is 21.5. The summed E-state index contributed by atoms with van der Waals surface area (Å²) in [5.41, 5.74) is 1.83. The summed E-state index contributed by atoms with van der Waals surface area (Å²) in [6, 6.07) is 29.6. The number of carbonyl (C=O) groups is 4. The third-order valence-electron chi connectivity index (χ3n) is 6.75. The van der Waals surface area contributed by atoms with Gasteiger partial charge in [0.05, 0.1) is 11.1 Å². The second-order valence-corrected chi connectivity index (χ2v) is 9.89. The Morgan fingerprint density at radius 1 is 0.537 bits per heavy atom. The molecule has 0 aromatic heterocycles. The molecule has 0 saturated carbocycles. The standard InChI is InChI=1S/C18H11NO5S.C13H9NO2/c20-17-14-10-4-6-12-7-5-11-15(16(12)14)18(21)19(17)24-25(22)23-13-8-2-1-3-9-13;1-14-12(15)9-6-2-4-8-5-3-7-10(11(8)9)13(14)16/h1-11H;2-7H,1H3. The summed E-state index contributed by atoms with van der Waals surface area (Å²) in [6.07, 6.45) is 0. The van der Waals surface area contributed by atoms with Gasteiger partial charge in [0.2, 0.25) is 0 Å². The Bertz CT molecular complexity index is 1820. The molecule has 2 heterocycles. The fourth-order valence-electron chi connectivity index (χ4n) is 4.86. The molecule has 1 unspecified atom stereocenters. The molecule has 1 atom stereocenters. The molecule has 0 fully saturated rings. The Morgan fingerprint density at radius 3 is 1.39 bits per heavy atom. The molecule has 5 aromatic rings. The Kier molecular flexibility index (Phi) is 6.62. The molecule has 2 aliphatic heterocycles. The van der Waals surface area contributed by atoms with Crippen LogP contribution in [0.4, 0.5) is 0 Å². The van der Waals surface area contributed by atoms with Crippen molar-refractivity contribution < 1.29 is 31.9 Å². The van der Waals surface area contributed by atoms with Gasteiger partial charge in [0.15, 0.2) is 0 Å². The number of benzene rings is 5. The van der Waals surface area contributed by atoms with Gasteiger partial charge < -0.3 is 4.18 Å². The van der Waals surface area contributed by atoms with Crippen molar-refractivity contribution in [3.05, 3.63) is 125 Å². The van der Waals surface area contributed by atoms with E-state index in [0.717, 1.165) is 21.1 Å². The van der Waals surface area contributed by atoms with E-state index >= 15 is 0 Å². The minimum Gasteiger partial charge on any atom is -0.379 e.